The van der Waals surface area contributed by atoms with E-state index in [0.29, 0.717) is 11.3 Å². The van der Waals surface area contributed by atoms with Crippen molar-refractivity contribution in [3.05, 3.63) is 34.1 Å². The second-order valence-corrected chi connectivity index (χ2v) is 8.62. The summed E-state index contributed by atoms with van der Waals surface area (Å²) in [5, 5.41) is 7.01. The molecule has 1 saturated carbocycles. The number of hydrogen-bond donors (Lipinski definition) is 2. The smallest absolute Gasteiger partial charge is 0.407 e. The van der Waals surface area contributed by atoms with Crippen molar-refractivity contribution in [2.75, 3.05) is 5.32 Å². The first-order chi connectivity index (χ1) is 13.1. The fourth-order valence-electron chi connectivity index (χ4n) is 3.68. The second-order valence-electron chi connectivity index (χ2n) is 8.62. The summed E-state index contributed by atoms with van der Waals surface area (Å²) in [6, 6.07) is 5.82. The summed E-state index contributed by atoms with van der Waals surface area (Å²) in [6.07, 6.45) is 3.25. The monoisotopic (exact) mass is 386 g/mol. The van der Waals surface area contributed by atoms with Crippen molar-refractivity contribution in [3.8, 4) is 0 Å². The normalized spacial score (nSPS) is 20.0. The highest BCUT2D eigenvalue weighted by molar-refractivity contribution is 5.81. The lowest BCUT2D eigenvalue weighted by molar-refractivity contribution is 0.0492. The Morgan fingerprint density at radius 1 is 1.25 bits per heavy atom. The van der Waals surface area contributed by atoms with Crippen molar-refractivity contribution in [2.45, 2.75) is 71.1 Å². The molecule has 7 heteroatoms. The van der Waals surface area contributed by atoms with E-state index in [9.17, 15) is 9.59 Å². The van der Waals surface area contributed by atoms with Crippen LogP contribution in [-0.2, 0) is 11.8 Å². The summed E-state index contributed by atoms with van der Waals surface area (Å²) in [7, 11) is 1.73. The molecule has 7 nitrogen and oxygen atoms in total. The number of alkyl carbamates (subject to hydrolysis) is 1. The minimum atomic E-state index is -0.512. The predicted octanol–water partition coefficient (Wildman–Crippen LogP) is 3.49. The van der Waals surface area contributed by atoms with Crippen LogP contribution in [-0.4, -0.2) is 33.3 Å². The molecule has 1 aliphatic carbocycles. The van der Waals surface area contributed by atoms with Gasteiger partial charge in [-0.15, -0.1) is 0 Å². The van der Waals surface area contributed by atoms with E-state index < -0.39 is 5.60 Å². The first kappa shape index (κ1) is 20.2. The third-order valence-corrected chi connectivity index (χ3v) is 5.04. The van der Waals surface area contributed by atoms with Gasteiger partial charge in [0, 0.05) is 19.1 Å². The Labute approximate surface area is 165 Å². The number of benzene rings is 1. The van der Waals surface area contributed by atoms with Gasteiger partial charge in [0.05, 0.1) is 10.9 Å². The molecule has 28 heavy (non-hydrogen) atoms. The number of hydrogen-bond acceptors (Lipinski definition) is 5. The van der Waals surface area contributed by atoms with E-state index in [2.05, 4.69) is 10.6 Å². The average molecular weight is 386 g/mol. The van der Waals surface area contributed by atoms with Crippen LogP contribution in [0, 0.1) is 6.92 Å². The Hall–Kier alpha value is -2.57. The van der Waals surface area contributed by atoms with Crippen molar-refractivity contribution in [1.29, 1.82) is 0 Å². The van der Waals surface area contributed by atoms with Gasteiger partial charge in [0.15, 0.2) is 0 Å². The van der Waals surface area contributed by atoms with Gasteiger partial charge in [-0.2, -0.15) is 0 Å². The molecular formula is C21H30N4O3. The number of anilines is 1. The van der Waals surface area contributed by atoms with Gasteiger partial charge in [-0.1, -0.05) is 12.1 Å². The number of carbonyl (C=O) groups excluding carboxylic acids is 1. The van der Waals surface area contributed by atoms with E-state index in [1.54, 1.807) is 11.6 Å². The first-order valence-corrected chi connectivity index (χ1v) is 9.86. The molecule has 3 rings (SSSR count). The van der Waals surface area contributed by atoms with Gasteiger partial charge in [-0.05, 0) is 65.0 Å². The number of aromatic nitrogens is 2. The predicted molar refractivity (Wildman–Crippen MR) is 111 cm³/mol. The summed E-state index contributed by atoms with van der Waals surface area (Å²) in [5.41, 5.74) is 1.14. The molecule has 2 unspecified atom stereocenters. The fourth-order valence-corrected chi connectivity index (χ4v) is 3.68. The van der Waals surface area contributed by atoms with Gasteiger partial charge >= 0.3 is 6.09 Å². The number of rotatable bonds is 3. The number of fused-ring (bicyclic) bond motifs is 1. The zero-order chi connectivity index (χ0) is 20.5. The van der Waals surface area contributed by atoms with Crippen molar-refractivity contribution in [1.82, 2.24) is 14.9 Å². The molecule has 0 bridgehead atoms. The SMILES string of the molecule is Cc1cccc2c(=O)n(C)c(NC3CCCC(NC(=O)OC(C)(C)C)C3)nc12. The molecule has 152 valence electrons. The largest absolute Gasteiger partial charge is 0.444 e. The van der Waals surface area contributed by atoms with Crippen LogP contribution in [0.5, 0.6) is 0 Å². The van der Waals surface area contributed by atoms with Crippen molar-refractivity contribution < 1.29 is 9.53 Å². The molecule has 0 spiro atoms. The van der Waals surface area contributed by atoms with Crippen LogP contribution in [0.3, 0.4) is 0 Å². The van der Waals surface area contributed by atoms with Crippen LogP contribution in [0.2, 0.25) is 0 Å². The van der Waals surface area contributed by atoms with Crippen LogP contribution in [0.4, 0.5) is 10.7 Å². The number of amides is 1. The van der Waals surface area contributed by atoms with Crippen molar-refractivity contribution in [2.24, 2.45) is 7.05 Å². The van der Waals surface area contributed by atoms with Gasteiger partial charge in [0.2, 0.25) is 5.95 Å². The van der Waals surface area contributed by atoms with E-state index >= 15 is 0 Å². The molecule has 0 aliphatic heterocycles. The molecule has 2 atom stereocenters. The highest BCUT2D eigenvalue weighted by atomic mass is 16.6. The minimum Gasteiger partial charge on any atom is -0.444 e. The highest BCUT2D eigenvalue weighted by Gasteiger charge is 2.26. The maximum atomic E-state index is 12.7. The number of carbonyl (C=O) groups is 1. The number of ether oxygens (including phenoxy) is 1. The zero-order valence-corrected chi connectivity index (χ0v) is 17.3. The van der Waals surface area contributed by atoms with Gasteiger partial charge in [0.25, 0.3) is 5.56 Å². The quantitative estimate of drug-likeness (QED) is 0.843. The maximum Gasteiger partial charge on any atom is 0.407 e. The van der Waals surface area contributed by atoms with E-state index in [1.807, 2.05) is 45.9 Å². The molecule has 1 amide bonds. The van der Waals surface area contributed by atoms with Crippen LogP contribution in [0.1, 0.15) is 52.0 Å². The van der Waals surface area contributed by atoms with E-state index in [0.717, 1.165) is 36.8 Å². The van der Waals surface area contributed by atoms with Crippen molar-refractivity contribution in [3.63, 3.8) is 0 Å². The fraction of sp³-hybridized carbons (Fsp3) is 0.571. The molecule has 2 aromatic rings. The molecule has 1 heterocycles. The van der Waals surface area contributed by atoms with E-state index in [1.165, 1.54) is 0 Å². The third-order valence-electron chi connectivity index (χ3n) is 5.04. The van der Waals surface area contributed by atoms with Gasteiger partial charge in [-0.3, -0.25) is 9.36 Å². The lowest BCUT2D eigenvalue weighted by Gasteiger charge is -2.31. The molecule has 0 saturated heterocycles. The zero-order valence-electron chi connectivity index (χ0n) is 17.3. The summed E-state index contributed by atoms with van der Waals surface area (Å²) >= 11 is 0. The number of aryl methyl sites for hydroxylation is 1. The Morgan fingerprint density at radius 3 is 2.68 bits per heavy atom. The molecule has 1 aliphatic rings. The summed E-state index contributed by atoms with van der Waals surface area (Å²) in [6.45, 7) is 7.52. The molecular weight excluding hydrogens is 356 g/mol. The summed E-state index contributed by atoms with van der Waals surface area (Å²) in [4.78, 5) is 29.5. The Balaban J connectivity index is 1.73. The lowest BCUT2D eigenvalue weighted by Crippen LogP contribution is -2.44. The molecule has 1 aromatic carbocycles. The Morgan fingerprint density at radius 2 is 1.96 bits per heavy atom. The van der Waals surface area contributed by atoms with E-state index in [-0.39, 0.29) is 23.7 Å². The minimum absolute atomic E-state index is 0.0420. The summed E-state index contributed by atoms with van der Waals surface area (Å²) < 4.78 is 6.92. The number of nitrogens with one attached hydrogen (secondary N) is 2. The number of para-hydroxylation sites is 1. The molecule has 1 aromatic heterocycles. The van der Waals surface area contributed by atoms with E-state index in [4.69, 9.17) is 9.72 Å². The maximum absolute atomic E-state index is 12.7. The van der Waals surface area contributed by atoms with Gasteiger partial charge in [0.1, 0.15) is 5.60 Å². The lowest BCUT2D eigenvalue weighted by atomic mass is 9.91. The Kier molecular flexibility index (Phi) is 5.63. The molecule has 2 N–H and O–H groups in total. The number of nitrogens with zero attached hydrogens (tertiary/aromatic N) is 2. The molecule has 1 fully saturated rings. The van der Waals surface area contributed by atoms with Crippen LogP contribution < -0.4 is 16.2 Å². The highest BCUT2D eigenvalue weighted by Crippen LogP contribution is 2.23. The van der Waals surface area contributed by atoms with Crippen LogP contribution in [0.25, 0.3) is 10.9 Å². The topological polar surface area (TPSA) is 85.2 Å². The first-order valence-electron chi connectivity index (χ1n) is 9.86. The van der Waals surface area contributed by atoms with Gasteiger partial charge in [-0.25, -0.2) is 9.78 Å². The van der Waals surface area contributed by atoms with Crippen LogP contribution >= 0.6 is 0 Å². The van der Waals surface area contributed by atoms with Crippen LogP contribution in [0.15, 0.2) is 23.0 Å². The Bertz CT molecular complexity index is 930. The van der Waals surface area contributed by atoms with Crippen molar-refractivity contribution >= 4 is 22.9 Å². The molecule has 0 radical (unpaired) electrons. The average Bonchev–Trinajstić information content (AvgIpc) is 2.59. The summed E-state index contributed by atoms with van der Waals surface area (Å²) in [5.74, 6) is 0.565. The van der Waals surface area contributed by atoms with Gasteiger partial charge < -0.3 is 15.4 Å². The standard InChI is InChI=1S/C21H30N4O3/c1-13-8-6-11-16-17(13)24-19(25(5)18(16)26)22-14-9-7-10-15(12-14)23-20(27)28-21(2,3)4/h6,8,11,14-15H,7,9-10,12H2,1-5H3,(H,22,24)(H,23,27). The second kappa shape index (κ2) is 7.81. The third kappa shape index (κ3) is 4.64.